The highest BCUT2D eigenvalue weighted by molar-refractivity contribution is 7.21. The van der Waals surface area contributed by atoms with Gasteiger partial charge in [-0.15, -0.1) is 11.3 Å². The van der Waals surface area contributed by atoms with Crippen LogP contribution in [0.2, 0.25) is 10.0 Å². The molecule has 128 valence electrons. The van der Waals surface area contributed by atoms with Crippen LogP contribution in [0.1, 0.15) is 15.2 Å². The number of thiophene rings is 1. The van der Waals surface area contributed by atoms with Gasteiger partial charge in [0.05, 0.1) is 5.02 Å². The van der Waals surface area contributed by atoms with Crippen molar-refractivity contribution in [1.82, 2.24) is 5.32 Å². The third-order valence-corrected chi connectivity index (χ3v) is 5.57. The number of carboxylic acid groups (broad SMARTS) is 1. The summed E-state index contributed by atoms with van der Waals surface area (Å²) >= 11 is 13.4. The molecule has 7 heteroatoms. The number of carbonyl (C=O) groups excluding carboxylic acids is 1. The molecule has 1 atom stereocenters. The van der Waals surface area contributed by atoms with Crippen LogP contribution in [0.5, 0.6) is 0 Å². The summed E-state index contributed by atoms with van der Waals surface area (Å²) in [4.78, 5) is 24.3. The van der Waals surface area contributed by atoms with Gasteiger partial charge in [0.15, 0.2) is 0 Å². The van der Waals surface area contributed by atoms with Crippen LogP contribution in [0, 0.1) is 0 Å². The SMILES string of the molecule is O=C(N[C@H](Cc1ccccc1)C(=O)O)c1sc2cc(Cl)ccc2c1Cl. The summed E-state index contributed by atoms with van der Waals surface area (Å²) in [6.07, 6.45) is 0.191. The number of hydrogen-bond acceptors (Lipinski definition) is 3. The lowest BCUT2D eigenvalue weighted by Gasteiger charge is -2.14. The standard InChI is InChI=1S/C18H13Cl2NO3S/c19-11-6-7-12-14(9-11)25-16(15(12)20)17(22)21-13(18(23)24)8-10-4-2-1-3-5-10/h1-7,9,13H,8H2,(H,21,22)(H,23,24)/t13-/m1/s1. The fourth-order valence-electron chi connectivity index (χ4n) is 2.46. The number of rotatable bonds is 5. The molecule has 0 saturated carbocycles. The van der Waals surface area contributed by atoms with E-state index in [2.05, 4.69) is 5.32 Å². The second kappa shape index (κ2) is 7.44. The van der Waals surface area contributed by atoms with Gasteiger partial charge in [0, 0.05) is 21.5 Å². The van der Waals surface area contributed by atoms with Crippen molar-refractivity contribution in [2.45, 2.75) is 12.5 Å². The number of fused-ring (bicyclic) bond motifs is 1. The average molecular weight is 394 g/mol. The number of amides is 1. The van der Waals surface area contributed by atoms with Gasteiger partial charge in [0.1, 0.15) is 10.9 Å². The molecular formula is C18H13Cl2NO3S. The van der Waals surface area contributed by atoms with E-state index in [0.717, 1.165) is 15.6 Å². The van der Waals surface area contributed by atoms with Crippen LogP contribution >= 0.6 is 34.5 Å². The highest BCUT2D eigenvalue weighted by atomic mass is 35.5. The number of aliphatic carboxylic acids is 1. The van der Waals surface area contributed by atoms with Gasteiger partial charge in [-0.2, -0.15) is 0 Å². The summed E-state index contributed by atoms with van der Waals surface area (Å²) in [5, 5.41) is 13.5. The largest absolute Gasteiger partial charge is 0.480 e. The summed E-state index contributed by atoms with van der Waals surface area (Å²) in [5.74, 6) is -1.61. The molecule has 1 aromatic heterocycles. The maximum atomic E-state index is 12.5. The zero-order valence-corrected chi connectivity index (χ0v) is 15.2. The van der Waals surface area contributed by atoms with Gasteiger partial charge in [-0.3, -0.25) is 4.79 Å². The Bertz CT molecular complexity index is 940. The second-order valence-corrected chi connectivity index (χ2v) is 7.31. The van der Waals surface area contributed by atoms with Gasteiger partial charge in [-0.25, -0.2) is 4.79 Å². The molecular weight excluding hydrogens is 381 g/mol. The van der Waals surface area contributed by atoms with Gasteiger partial charge >= 0.3 is 5.97 Å². The van der Waals surface area contributed by atoms with E-state index in [9.17, 15) is 14.7 Å². The summed E-state index contributed by atoms with van der Waals surface area (Å²) in [6.45, 7) is 0. The van der Waals surface area contributed by atoms with Crippen molar-refractivity contribution < 1.29 is 14.7 Å². The molecule has 4 nitrogen and oxygen atoms in total. The fourth-order valence-corrected chi connectivity index (χ4v) is 4.15. The summed E-state index contributed by atoms with van der Waals surface area (Å²) in [7, 11) is 0. The molecule has 0 bridgehead atoms. The van der Waals surface area contributed by atoms with Crippen molar-refractivity contribution >= 4 is 56.5 Å². The minimum atomic E-state index is -1.10. The Balaban J connectivity index is 1.84. The van der Waals surface area contributed by atoms with Crippen molar-refractivity contribution in [3.05, 3.63) is 69.0 Å². The van der Waals surface area contributed by atoms with Crippen LogP contribution < -0.4 is 5.32 Å². The van der Waals surface area contributed by atoms with Gasteiger partial charge in [-0.1, -0.05) is 59.6 Å². The lowest BCUT2D eigenvalue weighted by molar-refractivity contribution is -0.139. The van der Waals surface area contributed by atoms with Crippen LogP contribution in [0.25, 0.3) is 10.1 Å². The topological polar surface area (TPSA) is 66.4 Å². The Hall–Kier alpha value is -2.08. The zero-order valence-electron chi connectivity index (χ0n) is 12.8. The van der Waals surface area contributed by atoms with E-state index in [1.807, 2.05) is 30.3 Å². The fraction of sp³-hybridized carbons (Fsp3) is 0.111. The van der Waals surface area contributed by atoms with Crippen LogP contribution in [0.4, 0.5) is 0 Å². The van der Waals surface area contributed by atoms with E-state index in [-0.39, 0.29) is 11.3 Å². The third-order valence-electron chi connectivity index (χ3n) is 3.68. The molecule has 3 aromatic rings. The number of hydrogen-bond donors (Lipinski definition) is 2. The van der Waals surface area contributed by atoms with Crippen LogP contribution in [0.3, 0.4) is 0 Å². The van der Waals surface area contributed by atoms with Gasteiger partial charge in [0.25, 0.3) is 5.91 Å². The molecule has 0 saturated heterocycles. The molecule has 2 aromatic carbocycles. The van der Waals surface area contributed by atoms with E-state index < -0.39 is 17.9 Å². The third kappa shape index (κ3) is 3.95. The monoisotopic (exact) mass is 393 g/mol. The summed E-state index contributed by atoms with van der Waals surface area (Å²) in [6, 6.07) is 13.2. The lowest BCUT2D eigenvalue weighted by Crippen LogP contribution is -2.42. The van der Waals surface area contributed by atoms with Crippen LogP contribution in [-0.4, -0.2) is 23.0 Å². The van der Waals surface area contributed by atoms with Gasteiger partial charge < -0.3 is 10.4 Å². The van der Waals surface area contributed by atoms with Gasteiger partial charge in [-0.05, 0) is 17.7 Å². The number of carbonyl (C=O) groups is 2. The molecule has 0 spiro atoms. The Labute approximate surface area is 158 Å². The number of carboxylic acids is 1. The summed E-state index contributed by atoms with van der Waals surface area (Å²) in [5.41, 5.74) is 0.824. The predicted octanol–water partition coefficient (Wildman–Crippen LogP) is 4.63. The molecule has 2 N–H and O–H groups in total. The van der Waals surface area contributed by atoms with Crippen LogP contribution in [-0.2, 0) is 11.2 Å². The van der Waals surface area contributed by atoms with Crippen molar-refractivity contribution in [3.63, 3.8) is 0 Å². The maximum absolute atomic E-state index is 12.5. The van der Waals surface area contributed by atoms with Crippen molar-refractivity contribution in [1.29, 1.82) is 0 Å². The van der Waals surface area contributed by atoms with E-state index >= 15 is 0 Å². The van der Waals surface area contributed by atoms with Crippen molar-refractivity contribution in [2.24, 2.45) is 0 Å². The Morgan fingerprint density at radius 1 is 1.12 bits per heavy atom. The minimum absolute atomic E-state index is 0.191. The molecule has 0 fully saturated rings. The molecule has 0 aliphatic heterocycles. The second-order valence-electron chi connectivity index (χ2n) is 5.44. The Kier molecular flexibility index (Phi) is 5.27. The molecule has 1 heterocycles. The molecule has 0 radical (unpaired) electrons. The number of halogens is 2. The number of nitrogens with one attached hydrogen (secondary N) is 1. The van der Waals surface area contributed by atoms with E-state index in [1.165, 1.54) is 11.3 Å². The molecule has 0 aliphatic rings. The first kappa shape index (κ1) is 17.7. The molecule has 0 unspecified atom stereocenters. The van der Waals surface area contributed by atoms with Crippen molar-refractivity contribution in [2.75, 3.05) is 0 Å². The molecule has 0 aliphatic carbocycles. The van der Waals surface area contributed by atoms with Gasteiger partial charge in [0.2, 0.25) is 0 Å². The summed E-state index contributed by atoms with van der Waals surface area (Å²) < 4.78 is 0.776. The zero-order chi connectivity index (χ0) is 18.0. The average Bonchev–Trinajstić information content (AvgIpc) is 2.91. The normalized spacial score (nSPS) is 12.1. The number of benzene rings is 2. The first-order chi connectivity index (χ1) is 12.0. The Morgan fingerprint density at radius 2 is 1.84 bits per heavy atom. The molecule has 25 heavy (non-hydrogen) atoms. The van der Waals surface area contributed by atoms with Crippen molar-refractivity contribution in [3.8, 4) is 0 Å². The van der Waals surface area contributed by atoms with E-state index in [0.29, 0.717) is 10.0 Å². The smallest absolute Gasteiger partial charge is 0.326 e. The minimum Gasteiger partial charge on any atom is -0.480 e. The first-order valence-corrected chi connectivity index (χ1v) is 8.98. The quantitative estimate of drug-likeness (QED) is 0.663. The van der Waals surface area contributed by atoms with Crippen LogP contribution in [0.15, 0.2) is 48.5 Å². The predicted molar refractivity (Wildman–Crippen MR) is 101 cm³/mol. The maximum Gasteiger partial charge on any atom is 0.326 e. The first-order valence-electron chi connectivity index (χ1n) is 7.41. The highest BCUT2D eigenvalue weighted by Crippen LogP contribution is 2.36. The Morgan fingerprint density at radius 3 is 2.52 bits per heavy atom. The molecule has 3 rings (SSSR count). The van der Waals surface area contributed by atoms with E-state index in [4.69, 9.17) is 23.2 Å². The van der Waals surface area contributed by atoms with E-state index in [1.54, 1.807) is 18.2 Å². The molecule has 1 amide bonds. The lowest BCUT2D eigenvalue weighted by atomic mass is 10.1. The highest BCUT2D eigenvalue weighted by Gasteiger charge is 2.24.